The van der Waals surface area contributed by atoms with Gasteiger partial charge in [0.2, 0.25) is 0 Å². The third-order valence-electron chi connectivity index (χ3n) is 6.85. The van der Waals surface area contributed by atoms with E-state index in [2.05, 4.69) is 20.3 Å². The van der Waals surface area contributed by atoms with Crippen LogP contribution in [0, 0.1) is 0 Å². The summed E-state index contributed by atoms with van der Waals surface area (Å²) in [6, 6.07) is 3.60. The topological polar surface area (TPSA) is 103 Å². The van der Waals surface area contributed by atoms with Gasteiger partial charge >= 0.3 is 6.61 Å². The van der Waals surface area contributed by atoms with E-state index in [0.717, 1.165) is 13.2 Å². The number of nitrogens with zero attached hydrogens (tertiary/aromatic N) is 4. The first-order chi connectivity index (χ1) is 20.1. The number of carbonyl (C=O) groups excluding carboxylic acids is 1. The molecule has 0 bridgehead atoms. The number of ether oxygens (including phenoxy) is 2. The Morgan fingerprint density at radius 1 is 1.14 bits per heavy atom. The van der Waals surface area contributed by atoms with Gasteiger partial charge in [0.05, 0.1) is 42.7 Å². The Balaban J connectivity index is 1.64. The SMILES string of the molecule is COc1cc(-c2c3c(C(F)F)cc(-c4cnn(CC(C)(C)O)c4)cc3nn2C)cc(OC(F)F)c1C(=O)N[C@@H]1CC1(F)F. The lowest BCUT2D eigenvalue weighted by Crippen LogP contribution is -2.30. The van der Waals surface area contributed by atoms with Crippen LogP contribution in [0.2, 0.25) is 0 Å². The molecule has 0 spiro atoms. The van der Waals surface area contributed by atoms with E-state index in [1.807, 2.05) is 0 Å². The predicted molar refractivity (Wildman–Crippen MR) is 143 cm³/mol. The molecule has 1 aliphatic carbocycles. The van der Waals surface area contributed by atoms with E-state index >= 15 is 0 Å². The van der Waals surface area contributed by atoms with E-state index < -0.39 is 59.8 Å². The highest BCUT2D eigenvalue weighted by Crippen LogP contribution is 2.44. The summed E-state index contributed by atoms with van der Waals surface area (Å²) < 4.78 is 95.3. The molecule has 2 aromatic heterocycles. The van der Waals surface area contributed by atoms with Crippen LogP contribution in [0.4, 0.5) is 26.3 Å². The number of aromatic nitrogens is 4. The number of rotatable bonds is 10. The zero-order valence-corrected chi connectivity index (χ0v) is 23.3. The molecule has 0 aliphatic heterocycles. The maximum absolute atomic E-state index is 14.5. The highest BCUT2D eigenvalue weighted by Gasteiger charge is 2.58. The van der Waals surface area contributed by atoms with Crippen LogP contribution in [0.1, 0.15) is 42.6 Å². The lowest BCUT2D eigenvalue weighted by Gasteiger charge is -2.17. The van der Waals surface area contributed by atoms with Crippen molar-refractivity contribution >= 4 is 16.8 Å². The normalized spacial score (nSPS) is 16.3. The Hall–Kier alpha value is -4.27. The number of hydrogen-bond donors (Lipinski definition) is 2. The third kappa shape index (κ3) is 6.12. The van der Waals surface area contributed by atoms with E-state index in [-0.39, 0.29) is 34.5 Å². The summed E-state index contributed by atoms with van der Waals surface area (Å²) in [6.07, 6.45) is -0.533. The minimum atomic E-state index is -3.41. The maximum atomic E-state index is 14.5. The van der Waals surface area contributed by atoms with Crippen LogP contribution in [0.3, 0.4) is 0 Å². The fourth-order valence-electron chi connectivity index (χ4n) is 4.93. The molecule has 1 amide bonds. The molecule has 2 aromatic carbocycles. The average molecular weight is 612 g/mol. The Kier molecular flexibility index (Phi) is 7.57. The molecule has 0 saturated heterocycles. The van der Waals surface area contributed by atoms with Crippen molar-refractivity contribution in [3.8, 4) is 33.9 Å². The Labute approximate surface area is 241 Å². The van der Waals surface area contributed by atoms with Crippen LogP contribution < -0.4 is 14.8 Å². The number of amides is 1. The summed E-state index contributed by atoms with van der Waals surface area (Å²) in [5.41, 5.74) is -0.910. The van der Waals surface area contributed by atoms with Gasteiger partial charge in [0, 0.05) is 41.7 Å². The molecular formula is C28H27F6N5O4. The van der Waals surface area contributed by atoms with Gasteiger partial charge in [-0.05, 0) is 43.7 Å². The first-order valence-electron chi connectivity index (χ1n) is 13.0. The first-order valence-corrected chi connectivity index (χ1v) is 13.0. The number of nitrogens with one attached hydrogen (secondary N) is 1. The summed E-state index contributed by atoms with van der Waals surface area (Å²) >= 11 is 0. The van der Waals surface area contributed by atoms with E-state index in [1.54, 1.807) is 26.1 Å². The van der Waals surface area contributed by atoms with Crippen LogP contribution in [0.25, 0.3) is 33.3 Å². The van der Waals surface area contributed by atoms with Gasteiger partial charge in [-0.2, -0.15) is 19.0 Å². The van der Waals surface area contributed by atoms with Crippen molar-refractivity contribution in [3.05, 3.63) is 47.8 Å². The second-order valence-corrected chi connectivity index (χ2v) is 10.9. The quantitative estimate of drug-likeness (QED) is 0.228. The summed E-state index contributed by atoms with van der Waals surface area (Å²) in [6.45, 7) is -0.0508. The van der Waals surface area contributed by atoms with Crippen molar-refractivity contribution in [2.24, 2.45) is 7.05 Å². The molecule has 1 atom stereocenters. The van der Waals surface area contributed by atoms with Gasteiger partial charge in [-0.1, -0.05) is 0 Å². The van der Waals surface area contributed by atoms with Crippen LogP contribution >= 0.6 is 0 Å². The first kappa shape index (κ1) is 30.2. The molecule has 15 heteroatoms. The van der Waals surface area contributed by atoms with Crippen LogP contribution in [0.15, 0.2) is 36.7 Å². The number of methoxy groups -OCH3 is 1. The van der Waals surface area contributed by atoms with Crippen molar-refractivity contribution in [1.82, 2.24) is 24.9 Å². The summed E-state index contributed by atoms with van der Waals surface area (Å²) in [4.78, 5) is 12.8. The largest absolute Gasteiger partial charge is 0.496 e. The van der Waals surface area contributed by atoms with E-state index in [9.17, 15) is 36.2 Å². The number of alkyl halides is 6. The van der Waals surface area contributed by atoms with Gasteiger partial charge < -0.3 is 19.9 Å². The highest BCUT2D eigenvalue weighted by molar-refractivity contribution is 6.03. The minimum Gasteiger partial charge on any atom is -0.496 e. The number of fused-ring (bicyclic) bond motifs is 1. The van der Waals surface area contributed by atoms with E-state index in [1.165, 1.54) is 34.7 Å². The van der Waals surface area contributed by atoms with Crippen molar-refractivity contribution in [3.63, 3.8) is 0 Å². The summed E-state index contributed by atoms with van der Waals surface area (Å²) in [5.74, 6) is -5.26. The van der Waals surface area contributed by atoms with Gasteiger partial charge in [0.15, 0.2) is 0 Å². The van der Waals surface area contributed by atoms with Crippen molar-refractivity contribution in [2.45, 2.75) is 57.4 Å². The van der Waals surface area contributed by atoms with Crippen molar-refractivity contribution in [1.29, 1.82) is 0 Å². The Bertz CT molecular complexity index is 1700. The number of aliphatic hydroxyl groups is 1. The second-order valence-electron chi connectivity index (χ2n) is 10.9. The molecule has 4 aromatic rings. The van der Waals surface area contributed by atoms with E-state index in [4.69, 9.17) is 4.74 Å². The van der Waals surface area contributed by atoms with Crippen LogP contribution in [-0.2, 0) is 13.6 Å². The van der Waals surface area contributed by atoms with Gasteiger partial charge in [-0.3, -0.25) is 14.2 Å². The zero-order chi connectivity index (χ0) is 31.4. The molecule has 0 radical (unpaired) electrons. The van der Waals surface area contributed by atoms with Gasteiger partial charge in [0.1, 0.15) is 17.1 Å². The highest BCUT2D eigenvalue weighted by atomic mass is 19.3. The van der Waals surface area contributed by atoms with Gasteiger partial charge in [-0.25, -0.2) is 17.6 Å². The van der Waals surface area contributed by atoms with Gasteiger partial charge in [-0.15, -0.1) is 0 Å². The Morgan fingerprint density at radius 3 is 2.40 bits per heavy atom. The third-order valence-corrected chi connectivity index (χ3v) is 6.85. The van der Waals surface area contributed by atoms with Crippen molar-refractivity contribution < 1.29 is 45.7 Å². The number of benzene rings is 2. The minimum absolute atomic E-state index is 0.00464. The van der Waals surface area contributed by atoms with Crippen LogP contribution in [-0.4, -0.2) is 61.9 Å². The number of aryl methyl sites for hydroxylation is 1. The smallest absolute Gasteiger partial charge is 0.387 e. The lowest BCUT2D eigenvalue weighted by molar-refractivity contribution is -0.0502. The molecule has 43 heavy (non-hydrogen) atoms. The molecule has 2 N–H and O–H groups in total. The maximum Gasteiger partial charge on any atom is 0.387 e. The number of halogens is 6. The molecule has 1 fully saturated rings. The fourth-order valence-corrected chi connectivity index (χ4v) is 4.93. The van der Waals surface area contributed by atoms with Gasteiger partial charge in [0.25, 0.3) is 18.3 Å². The molecule has 2 heterocycles. The average Bonchev–Trinajstić information content (AvgIpc) is 3.18. The van der Waals surface area contributed by atoms with Crippen LogP contribution in [0.5, 0.6) is 11.5 Å². The summed E-state index contributed by atoms with van der Waals surface area (Å²) in [5, 5.41) is 20.7. The molecule has 5 rings (SSSR count). The molecule has 1 saturated carbocycles. The lowest BCUT2D eigenvalue weighted by atomic mass is 9.97. The molecule has 230 valence electrons. The fraction of sp³-hybridized carbons (Fsp3) is 0.393. The zero-order valence-electron chi connectivity index (χ0n) is 23.3. The monoisotopic (exact) mass is 611 g/mol. The molecule has 9 nitrogen and oxygen atoms in total. The number of hydrogen-bond acceptors (Lipinski definition) is 6. The standard InChI is InChI=1S/C28H27F6N5O4/c1-27(2,41)12-39-11-15(10-35-39)13-5-16(24(29)30)21-17(6-13)37-38(3)23(21)14-7-18(42-4)22(19(8-14)43-26(31)32)25(40)36-20-9-28(20,33)34/h5-8,10-11,20,24,26,41H,9,12H2,1-4H3,(H,36,40)/t20-/m1/s1. The second kappa shape index (κ2) is 10.8. The van der Waals surface area contributed by atoms with Crippen molar-refractivity contribution in [2.75, 3.05) is 7.11 Å². The molecule has 1 aliphatic rings. The molecular weight excluding hydrogens is 584 g/mol. The predicted octanol–water partition coefficient (Wildman–Crippen LogP) is 5.56. The summed E-state index contributed by atoms with van der Waals surface area (Å²) in [7, 11) is 2.59. The van der Waals surface area contributed by atoms with E-state index in [0.29, 0.717) is 11.1 Å². The Morgan fingerprint density at radius 2 is 1.81 bits per heavy atom. The number of carbonyl (C=O) groups is 1. The molecule has 0 unspecified atom stereocenters.